The average molecular weight is 307 g/mol. The highest BCUT2D eigenvalue weighted by molar-refractivity contribution is 9.09. The van der Waals surface area contributed by atoms with Crippen molar-refractivity contribution in [3.05, 3.63) is 29.3 Å². The molecule has 1 atom stereocenters. The van der Waals surface area contributed by atoms with E-state index in [1.165, 1.54) is 0 Å². The van der Waals surface area contributed by atoms with Gasteiger partial charge in [-0.05, 0) is 31.2 Å². The van der Waals surface area contributed by atoms with Crippen LogP contribution in [0.5, 0.6) is 5.75 Å². The maximum atomic E-state index is 11.4. The van der Waals surface area contributed by atoms with Crippen LogP contribution in [-0.2, 0) is 4.79 Å². The minimum absolute atomic E-state index is 0.0129. The fourth-order valence-electron chi connectivity index (χ4n) is 1.03. The molecule has 1 rings (SSSR count). The monoisotopic (exact) mass is 305 g/mol. The van der Waals surface area contributed by atoms with Crippen molar-refractivity contribution in [1.29, 1.82) is 0 Å². The Hall–Kier alpha value is -0.740. The van der Waals surface area contributed by atoms with E-state index in [2.05, 4.69) is 21.2 Å². The van der Waals surface area contributed by atoms with Crippen molar-refractivity contribution in [1.82, 2.24) is 5.32 Å². The molecule has 1 aromatic rings. The van der Waals surface area contributed by atoms with Crippen LogP contribution in [0.25, 0.3) is 0 Å². The molecule has 1 N–H and O–H groups in total. The van der Waals surface area contributed by atoms with Crippen LogP contribution in [0, 0.1) is 0 Å². The molecule has 0 aliphatic rings. The molecular weight excluding hydrogens is 293 g/mol. The summed E-state index contributed by atoms with van der Waals surface area (Å²) in [5.74, 6) is 0.493. The summed E-state index contributed by atoms with van der Waals surface area (Å²) in [6.45, 7) is 1.92. The number of hydrogen-bond acceptors (Lipinski definition) is 2. The molecule has 0 radical (unpaired) electrons. The van der Waals surface area contributed by atoms with Gasteiger partial charge in [0.1, 0.15) is 5.75 Å². The first kappa shape index (κ1) is 13.3. The Labute approximate surface area is 108 Å². The van der Waals surface area contributed by atoms with Crippen LogP contribution in [-0.4, -0.2) is 23.9 Å². The van der Waals surface area contributed by atoms with E-state index in [9.17, 15) is 4.79 Å². The first-order valence-electron chi connectivity index (χ1n) is 4.85. The Morgan fingerprint density at radius 2 is 2.12 bits per heavy atom. The number of rotatable bonds is 5. The van der Waals surface area contributed by atoms with E-state index in [4.69, 9.17) is 16.3 Å². The number of ether oxygens (including phenoxy) is 1. The number of hydrogen-bond donors (Lipinski definition) is 1. The number of carbonyl (C=O) groups excluding carboxylic acids is 1. The van der Waals surface area contributed by atoms with Gasteiger partial charge in [0.25, 0.3) is 5.91 Å². The molecule has 0 aliphatic heterocycles. The molecule has 0 spiro atoms. The Kier molecular flexibility index (Phi) is 5.63. The average Bonchev–Trinajstić information content (AvgIpc) is 2.28. The van der Waals surface area contributed by atoms with Gasteiger partial charge in [0, 0.05) is 16.4 Å². The summed E-state index contributed by atoms with van der Waals surface area (Å²) in [7, 11) is 0. The van der Waals surface area contributed by atoms with Crippen LogP contribution in [0.3, 0.4) is 0 Å². The quantitative estimate of drug-likeness (QED) is 0.849. The normalized spacial score (nSPS) is 11.9. The molecule has 0 saturated carbocycles. The standard InChI is InChI=1S/C11H13BrClNO2/c1-8(6-12)14-11(15)7-16-10-4-2-9(13)3-5-10/h2-5,8H,6-7H2,1H3,(H,14,15). The summed E-state index contributed by atoms with van der Waals surface area (Å²) in [4.78, 5) is 11.4. The second kappa shape index (κ2) is 6.76. The van der Waals surface area contributed by atoms with Crippen molar-refractivity contribution in [2.24, 2.45) is 0 Å². The van der Waals surface area contributed by atoms with E-state index in [1.54, 1.807) is 24.3 Å². The zero-order valence-electron chi connectivity index (χ0n) is 8.87. The van der Waals surface area contributed by atoms with Crippen molar-refractivity contribution in [3.8, 4) is 5.75 Å². The maximum Gasteiger partial charge on any atom is 0.258 e. The van der Waals surface area contributed by atoms with E-state index < -0.39 is 0 Å². The highest BCUT2D eigenvalue weighted by atomic mass is 79.9. The number of carbonyl (C=O) groups is 1. The van der Waals surface area contributed by atoms with Crippen LogP contribution in [0.1, 0.15) is 6.92 Å². The van der Waals surface area contributed by atoms with Crippen molar-refractivity contribution < 1.29 is 9.53 Å². The van der Waals surface area contributed by atoms with Crippen molar-refractivity contribution in [3.63, 3.8) is 0 Å². The van der Waals surface area contributed by atoms with E-state index in [1.807, 2.05) is 6.92 Å². The minimum Gasteiger partial charge on any atom is -0.484 e. The molecule has 0 aliphatic carbocycles. The molecule has 0 saturated heterocycles. The van der Waals surface area contributed by atoms with Crippen molar-refractivity contribution in [2.75, 3.05) is 11.9 Å². The van der Waals surface area contributed by atoms with Crippen molar-refractivity contribution in [2.45, 2.75) is 13.0 Å². The Bertz CT molecular complexity index is 342. The number of benzene rings is 1. The second-order valence-electron chi connectivity index (χ2n) is 3.37. The number of alkyl halides is 1. The fraction of sp³-hybridized carbons (Fsp3) is 0.364. The van der Waals surface area contributed by atoms with E-state index in [0.717, 1.165) is 5.33 Å². The summed E-state index contributed by atoms with van der Waals surface area (Å²) in [6.07, 6.45) is 0. The van der Waals surface area contributed by atoms with Crippen LogP contribution in [0.4, 0.5) is 0 Å². The van der Waals surface area contributed by atoms with Gasteiger partial charge in [0.15, 0.2) is 6.61 Å². The smallest absolute Gasteiger partial charge is 0.258 e. The van der Waals surface area contributed by atoms with Crippen LogP contribution < -0.4 is 10.1 Å². The van der Waals surface area contributed by atoms with Gasteiger partial charge in [0.05, 0.1) is 0 Å². The number of nitrogens with one attached hydrogen (secondary N) is 1. The van der Waals surface area contributed by atoms with E-state index in [-0.39, 0.29) is 18.6 Å². The molecule has 1 amide bonds. The predicted octanol–water partition coefficient (Wildman–Crippen LogP) is 2.62. The summed E-state index contributed by atoms with van der Waals surface area (Å²) in [5, 5.41) is 4.14. The first-order valence-corrected chi connectivity index (χ1v) is 6.35. The molecular formula is C11H13BrClNO2. The molecule has 0 fully saturated rings. The summed E-state index contributed by atoms with van der Waals surface area (Å²) < 4.78 is 5.28. The molecule has 16 heavy (non-hydrogen) atoms. The molecule has 1 aromatic carbocycles. The second-order valence-corrected chi connectivity index (χ2v) is 4.45. The lowest BCUT2D eigenvalue weighted by molar-refractivity contribution is -0.123. The molecule has 0 aromatic heterocycles. The van der Waals surface area contributed by atoms with Gasteiger partial charge in [-0.25, -0.2) is 0 Å². The third-order valence-corrected chi connectivity index (χ3v) is 3.05. The lowest BCUT2D eigenvalue weighted by Gasteiger charge is -2.11. The van der Waals surface area contributed by atoms with Crippen molar-refractivity contribution >= 4 is 33.4 Å². The van der Waals surface area contributed by atoms with Gasteiger partial charge in [-0.15, -0.1) is 0 Å². The Morgan fingerprint density at radius 3 is 2.69 bits per heavy atom. The van der Waals surface area contributed by atoms with Gasteiger partial charge in [0.2, 0.25) is 0 Å². The minimum atomic E-state index is -0.137. The highest BCUT2D eigenvalue weighted by Crippen LogP contribution is 2.15. The van der Waals surface area contributed by atoms with Crippen LogP contribution in [0.15, 0.2) is 24.3 Å². The Morgan fingerprint density at radius 1 is 1.50 bits per heavy atom. The summed E-state index contributed by atoms with van der Waals surface area (Å²) in [5.41, 5.74) is 0. The lowest BCUT2D eigenvalue weighted by Crippen LogP contribution is -2.36. The predicted molar refractivity (Wildman–Crippen MR) is 68.3 cm³/mol. The van der Waals surface area contributed by atoms with E-state index in [0.29, 0.717) is 10.8 Å². The SMILES string of the molecule is CC(CBr)NC(=O)COc1ccc(Cl)cc1. The van der Waals surface area contributed by atoms with Crippen LogP contribution >= 0.6 is 27.5 Å². The zero-order valence-corrected chi connectivity index (χ0v) is 11.2. The summed E-state index contributed by atoms with van der Waals surface area (Å²) >= 11 is 9.00. The molecule has 0 heterocycles. The largest absolute Gasteiger partial charge is 0.484 e. The number of halogens is 2. The topological polar surface area (TPSA) is 38.3 Å². The van der Waals surface area contributed by atoms with Crippen LogP contribution in [0.2, 0.25) is 5.02 Å². The lowest BCUT2D eigenvalue weighted by atomic mass is 10.3. The van der Waals surface area contributed by atoms with Gasteiger partial charge in [-0.2, -0.15) is 0 Å². The zero-order chi connectivity index (χ0) is 12.0. The van der Waals surface area contributed by atoms with Gasteiger partial charge in [-0.1, -0.05) is 27.5 Å². The molecule has 1 unspecified atom stereocenters. The molecule has 88 valence electrons. The molecule has 5 heteroatoms. The third kappa shape index (κ3) is 4.86. The third-order valence-electron chi connectivity index (χ3n) is 1.82. The summed E-state index contributed by atoms with van der Waals surface area (Å²) in [6, 6.07) is 6.99. The fourth-order valence-corrected chi connectivity index (χ4v) is 1.32. The van der Waals surface area contributed by atoms with E-state index >= 15 is 0 Å². The molecule has 3 nitrogen and oxygen atoms in total. The maximum absolute atomic E-state index is 11.4. The van der Waals surface area contributed by atoms with Gasteiger partial charge >= 0.3 is 0 Å². The molecule has 0 bridgehead atoms. The van der Waals surface area contributed by atoms with Gasteiger partial charge < -0.3 is 10.1 Å². The first-order chi connectivity index (χ1) is 7.61. The van der Waals surface area contributed by atoms with Gasteiger partial charge in [-0.3, -0.25) is 4.79 Å². The Balaban J connectivity index is 2.34. The number of amides is 1. The highest BCUT2D eigenvalue weighted by Gasteiger charge is 2.06.